The summed E-state index contributed by atoms with van der Waals surface area (Å²) in [6.45, 7) is 9.79. The normalized spacial score (nSPS) is 21.9. The topological polar surface area (TPSA) is 169 Å². The van der Waals surface area contributed by atoms with Gasteiger partial charge in [0.2, 0.25) is 17.7 Å². The third kappa shape index (κ3) is 8.33. The van der Waals surface area contributed by atoms with Crippen LogP contribution in [0.3, 0.4) is 0 Å². The molecule has 4 aromatic rings. The summed E-state index contributed by atoms with van der Waals surface area (Å²) in [6.07, 6.45) is 8.04. The zero-order valence-corrected chi connectivity index (χ0v) is 34.8. The Bertz CT molecular complexity index is 2480. The van der Waals surface area contributed by atoms with Crippen LogP contribution in [0.5, 0.6) is 5.75 Å². The lowest BCUT2D eigenvalue weighted by Crippen LogP contribution is -2.63. The van der Waals surface area contributed by atoms with Crippen molar-refractivity contribution in [2.45, 2.75) is 63.1 Å². The van der Waals surface area contributed by atoms with Gasteiger partial charge in [-0.3, -0.25) is 39.1 Å². The lowest BCUT2D eigenvalue weighted by atomic mass is 9.87. The SMILES string of the molecule is C=CC(=O)Nc1cc2c(Nc3ccc(F)c(Cl)c3)ncnc2cc1OCCCN1CCC(CN2CC3CCC2CN3c2ccc3c(c2)C(=O)N(C2CCC(=O)NC2=O)C3=O)CC1. The number of carbonyl (C=O) groups is 5. The van der Waals surface area contributed by atoms with Gasteiger partial charge in [0.15, 0.2) is 0 Å². The maximum atomic E-state index is 13.8. The Labute approximate surface area is 362 Å². The number of likely N-dealkylation sites (tertiary alicyclic amines) is 1. The Morgan fingerprint density at radius 1 is 0.952 bits per heavy atom. The molecule has 6 aliphatic rings. The van der Waals surface area contributed by atoms with Crippen molar-refractivity contribution in [3.63, 3.8) is 0 Å². The number of imide groups is 2. The van der Waals surface area contributed by atoms with Crippen LogP contribution in [0.2, 0.25) is 5.02 Å². The Kier molecular flexibility index (Phi) is 11.6. The van der Waals surface area contributed by atoms with E-state index in [-0.39, 0.29) is 23.8 Å². The summed E-state index contributed by atoms with van der Waals surface area (Å²) < 4.78 is 20.0. The first-order chi connectivity index (χ1) is 30.0. The van der Waals surface area contributed by atoms with Crippen LogP contribution in [0.4, 0.5) is 27.3 Å². The smallest absolute Gasteiger partial charge is 0.262 e. The molecule has 15 nitrogen and oxygen atoms in total. The highest BCUT2D eigenvalue weighted by atomic mass is 35.5. The molecule has 3 atom stereocenters. The molecule has 0 saturated carbocycles. The zero-order valence-electron chi connectivity index (χ0n) is 34.1. The number of nitrogens with zero attached hydrogens (tertiary/aromatic N) is 6. The number of carbonyl (C=O) groups excluding carboxylic acids is 5. The minimum atomic E-state index is -0.980. The summed E-state index contributed by atoms with van der Waals surface area (Å²) in [5, 5.41) is 8.85. The average molecular weight is 864 g/mol. The van der Waals surface area contributed by atoms with Crippen LogP contribution < -0.4 is 25.6 Å². The van der Waals surface area contributed by atoms with E-state index < -0.39 is 35.5 Å². The molecule has 0 aliphatic carbocycles. The molecule has 3 N–H and O–H groups in total. The second kappa shape index (κ2) is 17.4. The lowest BCUT2D eigenvalue weighted by Gasteiger charge is -2.53. The number of rotatable bonds is 13. The molecule has 5 fully saturated rings. The molecule has 62 heavy (non-hydrogen) atoms. The third-order valence-corrected chi connectivity index (χ3v) is 13.1. The highest BCUT2D eigenvalue weighted by molar-refractivity contribution is 6.31. The van der Waals surface area contributed by atoms with E-state index in [0.717, 1.165) is 82.0 Å². The van der Waals surface area contributed by atoms with Crippen LogP contribution in [0, 0.1) is 11.7 Å². The van der Waals surface area contributed by atoms with Crippen LogP contribution in [-0.2, 0) is 14.4 Å². The highest BCUT2D eigenvalue weighted by Crippen LogP contribution is 2.38. The molecular weight excluding hydrogens is 817 g/mol. The van der Waals surface area contributed by atoms with Crippen molar-refractivity contribution in [3.05, 3.63) is 89.5 Å². The lowest BCUT2D eigenvalue weighted by molar-refractivity contribution is -0.136. The minimum Gasteiger partial charge on any atom is -0.491 e. The number of hydrogen-bond acceptors (Lipinski definition) is 12. The van der Waals surface area contributed by atoms with E-state index in [1.807, 2.05) is 12.1 Å². The molecule has 7 heterocycles. The first-order valence-corrected chi connectivity index (χ1v) is 21.6. The fourth-order valence-corrected chi connectivity index (χ4v) is 9.76. The molecular formula is C45H47ClFN9O6. The van der Waals surface area contributed by atoms with Crippen molar-refractivity contribution in [3.8, 4) is 5.75 Å². The number of aromatic nitrogens is 2. The van der Waals surface area contributed by atoms with Crippen molar-refractivity contribution >= 4 is 74.9 Å². The number of anilines is 4. The first-order valence-electron chi connectivity index (χ1n) is 21.2. The van der Waals surface area contributed by atoms with Crippen LogP contribution in [0.25, 0.3) is 10.9 Å². The number of halogens is 2. The van der Waals surface area contributed by atoms with Crippen LogP contribution in [-0.4, -0.2) is 118 Å². The first kappa shape index (κ1) is 41.4. The second-order valence-electron chi connectivity index (χ2n) is 16.7. The van der Waals surface area contributed by atoms with E-state index in [1.54, 1.807) is 24.3 Å². The van der Waals surface area contributed by atoms with Gasteiger partial charge in [0.1, 0.15) is 29.8 Å². The maximum Gasteiger partial charge on any atom is 0.262 e. The fourth-order valence-electron chi connectivity index (χ4n) is 9.58. The predicted octanol–water partition coefficient (Wildman–Crippen LogP) is 5.53. The molecule has 2 bridgehead atoms. The summed E-state index contributed by atoms with van der Waals surface area (Å²) in [5.74, 6) is -1.35. The minimum absolute atomic E-state index is 0.0226. The third-order valence-electron chi connectivity index (χ3n) is 12.8. The van der Waals surface area contributed by atoms with Crippen LogP contribution in [0.1, 0.15) is 65.7 Å². The van der Waals surface area contributed by atoms with Crippen molar-refractivity contribution in [2.75, 3.05) is 61.4 Å². The summed E-state index contributed by atoms with van der Waals surface area (Å²) >= 11 is 5.99. The molecule has 3 aromatic carbocycles. The molecule has 322 valence electrons. The Hall–Kier alpha value is -5.97. The van der Waals surface area contributed by atoms with Crippen molar-refractivity contribution in [1.29, 1.82) is 0 Å². The maximum absolute atomic E-state index is 13.8. The van der Waals surface area contributed by atoms with Gasteiger partial charge >= 0.3 is 0 Å². The standard InChI is InChI=1S/C45H47ClFN9O6/c1-2-40(57)51-37-20-33-36(48-25-49-42(33)50-27-4-9-35(47)34(46)18-27)21-39(37)62-17-3-14-53-15-12-26(13-16-53)22-54-23-30-6-5-29(54)24-55(30)28-7-8-31-32(19-28)45(61)56(44(31)60)38-10-11-41(58)52-43(38)59/h2,4,7-9,18-21,25-26,29-30,38H,1,3,5-6,10-17,22-24H2,(H,51,57)(H,48,49,50)(H,52,58,59). The van der Waals surface area contributed by atoms with Gasteiger partial charge in [0.25, 0.3) is 11.8 Å². The molecule has 0 spiro atoms. The summed E-state index contributed by atoms with van der Waals surface area (Å²) in [4.78, 5) is 80.7. The summed E-state index contributed by atoms with van der Waals surface area (Å²) in [5.41, 5.74) is 3.12. The van der Waals surface area contributed by atoms with Gasteiger partial charge in [0, 0.05) is 67.5 Å². The van der Waals surface area contributed by atoms with Gasteiger partial charge in [0.05, 0.1) is 34.0 Å². The number of ether oxygens (including phenoxy) is 1. The van der Waals surface area contributed by atoms with E-state index >= 15 is 0 Å². The molecule has 6 aliphatic heterocycles. The molecule has 5 amide bonds. The second-order valence-corrected chi connectivity index (χ2v) is 17.1. The van der Waals surface area contributed by atoms with Gasteiger partial charge < -0.3 is 25.2 Å². The van der Waals surface area contributed by atoms with Crippen LogP contribution in [0.15, 0.2) is 67.5 Å². The van der Waals surface area contributed by atoms with E-state index in [1.165, 1.54) is 24.5 Å². The highest BCUT2D eigenvalue weighted by Gasteiger charge is 2.46. The molecule has 17 heteroatoms. The Morgan fingerprint density at radius 3 is 2.52 bits per heavy atom. The van der Waals surface area contributed by atoms with E-state index in [0.29, 0.717) is 69.6 Å². The number of benzene rings is 3. The van der Waals surface area contributed by atoms with Gasteiger partial charge in [-0.1, -0.05) is 18.2 Å². The Balaban J connectivity index is 0.757. The van der Waals surface area contributed by atoms with Crippen molar-refractivity contribution in [1.82, 2.24) is 30.0 Å². The quantitative estimate of drug-likeness (QED) is 0.0876. The van der Waals surface area contributed by atoms with E-state index in [4.69, 9.17) is 16.3 Å². The number of hydrogen-bond donors (Lipinski definition) is 3. The number of piperidine rings is 4. The van der Waals surface area contributed by atoms with Gasteiger partial charge in [-0.05, 0) is 106 Å². The summed E-state index contributed by atoms with van der Waals surface area (Å²) in [7, 11) is 0. The molecule has 10 rings (SSSR count). The molecule has 3 unspecified atom stereocenters. The monoisotopic (exact) mass is 863 g/mol. The molecule has 0 radical (unpaired) electrons. The predicted molar refractivity (Wildman–Crippen MR) is 231 cm³/mol. The molecule has 5 saturated heterocycles. The largest absolute Gasteiger partial charge is 0.491 e. The summed E-state index contributed by atoms with van der Waals surface area (Å²) in [6, 6.07) is 13.0. The van der Waals surface area contributed by atoms with Gasteiger partial charge in [-0.15, -0.1) is 0 Å². The zero-order chi connectivity index (χ0) is 43.1. The number of fused-ring (bicyclic) bond motifs is 5. The molecule has 1 aromatic heterocycles. The van der Waals surface area contributed by atoms with Crippen LogP contribution >= 0.6 is 11.6 Å². The number of piperazine rings is 1. The van der Waals surface area contributed by atoms with E-state index in [2.05, 4.69) is 47.2 Å². The van der Waals surface area contributed by atoms with Crippen molar-refractivity contribution < 1.29 is 33.1 Å². The Morgan fingerprint density at radius 2 is 1.76 bits per heavy atom. The van der Waals surface area contributed by atoms with Gasteiger partial charge in [-0.25, -0.2) is 14.4 Å². The number of amides is 5. The van der Waals surface area contributed by atoms with Crippen molar-refractivity contribution in [2.24, 2.45) is 5.92 Å². The fraction of sp³-hybridized carbons (Fsp3) is 0.400. The number of nitrogens with one attached hydrogen (secondary N) is 3. The van der Waals surface area contributed by atoms with Gasteiger partial charge in [-0.2, -0.15) is 0 Å². The van der Waals surface area contributed by atoms with E-state index in [9.17, 15) is 28.4 Å². The average Bonchev–Trinajstić information content (AvgIpc) is 3.52.